The number of rotatable bonds is 6. The van der Waals surface area contributed by atoms with Crippen LogP contribution in [0.25, 0.3) is 0 Å². The molecule has 0 unspecified atom stereocenters. The van der Waals surface area contributed by atoms with Crippen LogP contribution in [-0.2, 0) is 14.8 Å². The van der Waals surface area contributed by atoms with Crippen molar-refractivity contribution in [1.82, 2.24) is 4.31 Å². The van der Waals surface area contributed by atoms with Crippen LogP contribution in [-0.4, -0.2) is 52.9 Å². The van der Waals surface area contributed by atoms with Gasteiger partial charge in [-0.3, -0.25) is 4.79 Å². The van der Waals surface area contributed by atoms with E-state index in [1.54, 1.807) is 26.0 Å². The van der Waals surface area contributed by atoms with Gasteiger partial charge in [0.2, 0.25) is 10.0 Å². The first kappa shape index (κ1) is 22.4. The topological polar surface area (TPSA) is 102 Å². The average Bonchev–Trinajstić information content (AvgIpc) is 2.69. The normalized spacial score (nSPS) is 11.3. The second-order valence-electron chi connectivity index (χ2n) is 6.56. The molecule has 0 heterocycles. The van der Waals surface area contributed by atoms with E-state index in [1.807, 2.05) is 0 Å². The van der Waals surface area contributed by atoms with E-state index < -0.39 is 21.9 Å². The molecule has 0 atom stereocenters. The summed E-state index contributed by atoms with van der Waals surface area (Å²) in [6.45, 7) is 3.42. The van der Waals surface area contributed by atoms with Crippen LogP contribution in [0.15, 0.2) is 35.2 Å². The van der Waals surface area contributed by atoms with Crippen LogP contribution in [0, 0.1) is 13.8 Å². The summed E-state index contributed by atoms with van der Waals surface area (Å²) in [4.78, 5) is 25.0. The van der Waals surface area contributed by atoms with Gasteiger partial charge in [-0.1, -0.05) is 0 Å². The van der Waals surface area contributed by atoms with Crippen molar-refractivity contribution in [3.63, 3.8) is 0 Å². The number of ether oxygens (including phenoxy) is 2. The number of nitrogens with one attached hydrogen (secondary N) is 1. The Morgan fingerprint density at radius 3 is 2.24 bits per heavy atom. The van der Waals surface area contributed by atoms with Gasteiger partial charge in [0.25, 0.3) is 5.91 Å². The van der Waals surface area contributed by atoms with Gasteiger partial charge in [-0.15, -0.1) is 0 Å². The van der Waals surface area contributed by atoms with Gasteiger partial charge in [-0.05, 0) is 55.3 Å². The molecule has 1 N–H and O–H groups in total. The van der Waals surface area contributed by atoms with Crippen molar-refractivity contribution < 1.29 is 27.5 Å². The minimum atomic E-state index is -3.73. The summed E-state index contributed by atoms with van der Waals surface area (Å²) in [7, 11) is 1.81. The van der Waals surface area contributed by atoms with Crippen molar-refractivity contribution in [2.24, 2.45) is 0 Å². The van der Waals surface area contributed by atoms with Gasteiger partial charge in [0.1, 0.15) is 5.75 Å². The first-order valence-corrected chi connectivity index (χ1v) is 10.1. The minimum absolute atomic E-state index is 0.0515. The van der Waals surface area contributed by atoms with Gasteiger partial charge in [-0.25, -0.2) is 17.5 Å². The number of sulfonamides is 1. The van der Waals surface area contributed by atoms with E-state index in [-0.39, 0.29) is 21.7 Å². The smallest absolute Gasteiger partial charge is 0.340 e. The first-order chi connectivity index (χ1) is 13.5. The average molecular weight is 420 g/mol. The summed E-state index contributed by atoms with van der Waals surface area (Å²) in [6.07, 6.45) is 0. The van der Waals surface area contributed by atoms with E-state index >= 15 is 0 Å². The van der Waals surface area contributed by atoms with Gasteiger partial charge in [0.15, 0.2) is 0 Å². The number of anilines is 1. The van der Waals surface area contributed by atoms with Gasteiger partial charge >= 0.3 is 5.97 Å². The molecule has 2 rings (SSSR count). The zero-order valence-corrected chi connectivity index (χ0v) is 18.0. The highest BCUT2D eigenvalue weighted by Crippen LogP contribution is 2.26. The summed E-state index contributed by atoms with van der Waals surface area (Å²) < 4.78 is 36.2. The van der Waals surface area contributed by atoms with E-state index in [2.05, 4.69) is 5.32 Å². The van der Waals surface area contributed by atoms with Gasteiger partial charge < -0.3 is 14.8 Å². The maximum atomic E-state index is 12.8. The Balaban J connectivity index is 2.50. The van der Waals surface area contributed by atoms with Gasteiger partial charge in [0, 0.05) is 19.7 Å². The molecule has 156 valence electrons. The van der Waals surface area contributed by atoms with Crippen LogP contribution in [0.3, 0.4) is 0 Å². The zero-order valence-electron chi connectivity index (χ0n) is 17.2. The maximum absolute atomic E-state index is 12.8. The standard InChI is InChI=1S/C20H24N2O6S/c1-12-9-14(10-18(13(12)2)29(25,26)22(3)4)19(23)21-17-8-7-15(27-5)11-16(17)20(24)28-6/h7-11H,1-6H3,(H,21,23). The lowest BCUT2D eigenvalue weighted by Crippen LogP contribution is -2.24. The van der Waals surface area contributed by atoms with Crippen LogP contribution in [0.1, 0.15) is 31.8 Å². The number of carbonyl (C=O) groups excluding carboxylic acids is 2. The Kier molecular flexibility index (Phi) is 6.66. The Morgan fingerprint density at radius 2 is 1.69 bits per heavy atom. The van der Waals surface area contributed by atoms with Crippen LogP contribution in [0.4, 0.5) is 5.69 Å². The lowest BCUT2D eigenvalue weighted by molar-refractivity contribution is 0.0601. The molecule has 1 amide bonds. The van der Waals surface area contributed by atoms with E-state index in [9.17, 15) is 18.0 Å². The van der Waals surface area contributed by atoms with Crippen LogP contribution in [0.2, 0.25) is 0 Å². The number of nitrogens with zero attached hydrogens (tertiary/aromatic N) is 1. The summed E-state index contributed by atoms with van der Waals surface area (Å²) in [5.41, 5.74) is 1.71. The number of carbonyl (C=O) groups is 2. The van der Waals surface area contributed by atoms with Crippen molar-refractivity contribution in [1.29, 1.82) is 0 Å². The molecule has 8 nitrogen and oxygen atoms in total. The number of esters is 1. The molecule has 0 aliphatic carbocycles. The zero-order chi connectivity index (χ0) is 21.9. The SMILES string of the molecule is COC(=O)c1cc(OC)ccc1NC(=O)c1cc(C)c(C)c(S(=O)(=O)N(C)C)c1. The van der Waals surface area contributed by atoms with Crippen LogP contribution in [0.5, 0.6) is 5.75 Å². The fourth-order valence-electron chi connectivity index (χ4n) is 2.66. The first-order valence-electron chi connectivity index (χ1n) is 8.64. The Hall–Kier alpha value is -2.91. The largest absolute Gasteiger partial charge is 0.497 e. The number of aryl methyl sites for hydroxylation is 1. The number of benzene rings is 2. The number of hydrogen-bond donors (Lipinski definition) is 1. The predicted molar refractivity (Wildman–Crippen MR) is 109 cm³/mol. The van der Waals surface area contributed by atoms with Crippen LogP contribution < -0.4 is 10.1 Å². The summed E-state index contributed by atoms with van der Waals surface area (Å²) in [6, 6.07) is 7.48. The molecular formula is C20H24N2O6S. The third-order valence-corrected chi connectivity index (χ3v) is 6.46. The molecule has 29 heavy (non-hydrogen) atoms. The van der Waals surface area contributed by atoms with E-state index in [0.717, 1.165) is 4.31 Å². The number of hydrogen-bond acceptors (Lipinski definition) is 6. The summed E-state index contributed by atoms with van der Waals surface area (Å²) >= 11 is 0. The summed E-state index contributed by atoms with van der Waals surface area (Å²) in [5.74, 6) is -0.775. The maximum Gasteiger partial charge on any atom is 0.340 e. The quantitative estimate of drug-likeness (QED) is 0.721. The Labute approximate surface area is 170 Å². The molecule has 0 aliphatic rings. The van der Waals surface area contributed by atoms with E-state index in [1.165, 1.54) is 46.5 Å². The molecule has 0 saturated carbocycles. The molecular weight excluding hydrogens is 396 g/mol. The van der Waals surface area contributed by atoms with Gasteiger partial charge in [0.05, 0.1) is 30.4 Å². The molecule has 0 radical (unpaired) electrons. The van der Waals surface area contributed by atoms with Crippen LogP contribution >= 0.6 is 0 Å². The second kappa shape index (κ2) is 8.62. The van der Waals surface area contributed by atoms with Gasteiger partial charge in [-0.2, -0.15) is 0 Å². The lowest BCUT2D eigenvalue weighted by Gasteiger charge is -2.17. The fraction of sp³-hybridized carbons (Fsp3) is 0.300. The van der Waals surface area contributed by atoms with Crippen molar-refractivity contribution in [3.8, 4) is 5.75 Å². The molecule has 0 fully saturated rings. The van der Waals surface area contributed by atoms with Crippen molar-refractivity contribution in [2.45, 2.75) is 18.7 Å². The fourth-order valence-corrected chi connectivity index (χ4v) is 3.87. The molecule has 9 heteroatoms. The minimum Gasteiger partial charge on any atom is -0.497 e. The summed E-state index contributed by atoms with van der Waals surface area (Å²) in [5, 5.41) is 2.64. The third-order valence-electron chi connectivity index (χ3n) is 4.52. The molecule has 0 saturated heterocycles. The lowest BCUT2D eigenvalue weighted by atomic mass is 10.1. The molecule has 0 bridgehead atoms. The van der Waals surface area contributed by atoms with E-state index in [0.29, 0.717) is 16.9 Å². The monoisotopic (exact) mass is 420 g/mol. The molecule has 2 aromatic carbocycles. The van der Waals surface area contributed by atoms with Crippen molar-refractivity contribution in [2.75, 3.05) is 33.6 Å². The Morgan fingerprint density at radius 1 is 1.03 bits per heavy atom. The highest BCUT2D eigenvalue weighted by atomic mass is 32.2. The predicted octanol–water partition coefficient (Wildman–Crippen LogP) is 2.60. The third kappa shape index (κ3) is 4.57. The van der Waals surface area contributed by atoms with E-state index in [4.69, 9.17) is 9.47 Å². The van der Waals surface area contributed by atoms with Crippen molar-refractivity contribution in [3.05, 3.63) is 52.6 Å². The molecule has 2 aromatic rings. The molecule has 0 aliphatic heterocycles. The Bertz CT molecular complexity index is 1060. The second-order valence-corrected chi connectivity index (χ2v) is 8.68. The molecule has 0 spiro atoms. The highest BCUT2D eigenvalue weighted by Gasteiger charge is 2.23. The molecule has 0 aromatic heterocycles. The number of methoxy groups -OCH3 is 2. The highest BCUT2D eigenvalue weighted by molar-refractivity contribution is 7.89. The van der Waals surface area contributed by atoms with Crippen molar-refractivity contribution >= 4 is 27.6 Å². The number of amides is 1.